The third-order valence-corrected chi connectivity index (χ3v) is 15.8. The monoisotopic (exact) mass is 1020 g/mol. The number of aromatic nitrogens is 8. The average Bonchev–Trinajstić information content (AvgIpc) is 3.85. The lowest BCUT2D eigenvalue weighted by molar-refractivity contribution is 0.0408. The fourth-order valence-corrected chi connectivity index (χ4v) is 12.4. The fraction of sp³-hybridized carbons (Fsp3) is 0.480. The molecule has 0 spiro atoms. The van der Waals surface area contributed by atoms with E-state index in [1.54, 1.807) is 36.7 Å². The zero-order valence-corrected chi connectivity index (χ0v) is 42.0. The maximum atomic E-state index is 10.7. The predicted molar refractivity (Wildman–Crippen MR) is 272 cm³/mol. The Balaban J connectivity index is 0.901. The van der Waals surface area contributed by atoms with E-state index in [2.05, 4.69) is 48.4 Å². The quantitative estimate of drug-likeness (QED) is 0.108. The maximum Gasteiger partial charge on any atom is 0.190 e. The SMILES string of the molecule is C=C(c1ccc(Cl)cc1Cl)n1nc(C#N)c2ncc(N3CC([C@H]4CC(C[C@H](c5ccc(Cl)cc5Cl)n5nc(C#N)c6ncc(N7CC([C@@H]8CCCN(C[C@@H](C)O)C8)C7)nc65)CN(C[C@@H](C)O)C4)C3)nc21. The van der Waals surface area contributed by atoms with Crippen LogP contribution in [0, 0.1) is 52.3 Å². The molecule has 2 N–H and O–H groups in total. The Morgan fingerprint density at radius 2 is 1.31 bits per heavy atom. The second kappa shape index (κ2) is 20.2. The number of piperidine rings is 2. The number of rotatable bonds is 14. The highest BCUT2D eigenvalue weighted by molar-refractivity contribution is 6.36. The van der Waals surface area contributed by atoms with E-state index < -0.39 is 12.1 Å². The zero-order valence-electron chi connectivity index (χ0n) is 39.0. The number of β-amino-alcohol motifs (C(OH)–C–C–N with tert-alkyl or cyclic N) is 2. The molecule has 6 aromatic rings. The van der Waals surface area contributed by atoms with Crippen LogP contribution in [0.25, 0.3) is 28.0 Å². The molecule has 4 aliphatic heterocycles. The number of nitrogens with zero attached hydrogens (tertiary/aromatic N) is 14. The number of anilines is 2. The average molecular weight is 1020 g/mol. The fourth-order valence-electron chi connectivity index (χ4n) is 11.3. The van der Waals surface area contributed by atoms with Gasteiger partial charge in [-0.15, -0.1) is 0 Å². The van der Waals surface area contributed by atoms with E-state index in [9.17, 15) is 20.7 Å². The Morgan fingerprint density at radius 1 is 0.729 bits per heavy atom. The summed E-state index contributed by atoms with van der Waals surface area (Å²) in [6.07, 6.45) is 6.43. The summed E-state index contributed by atoms with van der Waals surface area (Å²) in [6, 6.07) is 14.6. The molecule has 20 heteroatoms. The van der Waals surface area contributed by atoms with Crippen molar-refractivity contribution in [3.8, 4) is 12.1 Å². The summed E-state index contributed by atoms with van der Waals surface area (Å²) in [6.45, 7) is 15.9. The normalized spacial score (nSPS) is 21.8. The highest BCUT2D eigenvalue weighted by Gasteiger charge is 2.42. The summed E-state index contributed by atoms with van der Waals surface area (Å²) in [5, 5.41) is 52.4. The minimum atomic E-state index is -0.522. The molecular weight excluding hydrogens is 970 g/mol. The third kappa shape index (κ3) is 9.78. The maximum absolute atomic E-state index is 10.7. The second-order valence-electron chi connectivity index (χ2n) is 19.8. The van der Waals surface area contributed by atoms with E-state index in [1.165, 1.54) is 11.1 Å². The number of likely N-dealkylation sites (tertiary alicyclic amines) is 2. The van der Waals surface area contributed by atoms with Gasteiger partial charge < -0.3 is 29.8 Å². The summed E-state index contributed by atoms with van der Waals surface area (Å²) >= 11 is 26.3. The van der Waals surface area contributed by atoms with Crippen LogP contribution in [0.2, 0.25) is 20.1 Å². The lowest BCUT2D eigenvalue weighted by Gasteiger charge is -2.49. The van der Waals surface area contributed by atoms with E-state index in [0.717, 1.165) is 76.6 Å². The van der Waals surface area contributed by atoms with Gasteiger partial charge in [0.15, 0.2) is 22.7 Å². The van der Waals surface area contributed by atoms with Gasteiger partial charge in [0.2, 0.25) is 0 Å². The molecule has 2 aromatic carbocycles. The molecule has 0 radical (unpaired) electrons. The standard InChI is InChI=1S/C50H54Cl4N14O2/c1-28(69)19-63-10-4-5-32(22-63)34-24-65(25-34)46-18-58-48-43(16-56)62-68(50(48)60-46)44(39-9-7-37(52)14-41(39)54)12-31-11-33(23-64(21-31)20-29(2)70)35-26-66(27-35)45-17-57-47-42(15-55)61-67(49(47)59-45)30(3)38-8-6-36(51)13-40(38)53/h6-9,13-14,17-18,28-29,31-35,44,69-70H,3-5,10-12,19-27H2,1-2H3/t28-,29-,31?,32-,33+,44-/m1/s1. The van der Waals surface area contributed by atoms with Crippen molar-refractivity contribution in [1.82, 2.24) is 49.3 Å². The van der Waals surface area contributed by atoms with Crippen LogP contribution in [0.5, 0.6) is 0 Å². The molecule has 364 valence electrons. The molecule has 1 unspecified atom stereocenters. The number of halogens is 4. The van der Waals surface area contributed by atoms with Crippen molar-refractivity contribution in [2.75, 3.05) is 75.2 Å². The molecule has 4 aliphatic rings. The summed E-state index contributed by atoms with van der Waals surface area (Å²) in [5.41, 5.74) is 3.93. The summed E-state index contributed by atoms with van der Waals surface area (Å²) in [5.74, 6) is 3.23. The van der Waals surface area contributed by atoms with Crippen molar-refractivity contribution in [2.45, 2.75) is 57.8 Å². The topological polar surface area (TPSA) is 188 Å². The molecule has 0 amide bonds. The van der Waals surface area contributed by atoms with Crippen molar-refractivity contribution in [3.05, 3.63) is 98.0 Å². The number of aliphatic hydroxyl groups excluding tert-OH is 2. The molecule has 70 heavy (non-hydrogen) atoms. The highest BCUT2D eigenvalue weighted by atomic mass is 35.5. The number of hydrogen-bond acceptors (Lipinski definition) is 14. The Hall–Kier alpha value is -5.14. The molecule has 0 aliphatic carbocycles. The number of hydrogen-bond donors (Lipinski definition) is 2. The molecule has 4 saturated heterocycles. The van der Waals surface area contributed by atoms with Gasteiger partial charge in [0, 0.05) is 79.5 Å². The lowest BCUT2D eigenvalue weighted by atomic mass is 9.75. The van der Waals surface area contributed by atoms with Crippen LogP contribution in [0.3, 0.4) is 0 Å². The molecule has 10 rings (SSSR count). The van der Waals surface area contributed by atoms with Crippen LogP contribution >= 0.6 is 46.4 Å². The van der Waals surface area contributed by atoms with Crippen molar-refractivity contribution < 1.29 is 10.2 Å². The van der Waals surface area contributed by atoms with Crippen LogP contribution in [0.15, 0.2) is 55.4 Å². The van der Waals surface area contributed by atoms with E-state index in [4.69, 9.17) is 66.5 Å². The van der Waals surface area contributed by atoms with Crippen molar-refractivity contribution in [2.24, 2.45) is 29.6 Å². The molecule has 6 atom stereocenters. The largest absolute Gasteiger partial charge is 0.392 e. The minimum absolute atomic E-state index is 0.132. The molecule has 8 heterocycles. The van der Waals surface area contributed by atoms with Gasteiger partial charge in [0.25, 0.3) is 0 Å². The first kappa shape index (κ1) is 48.5. The van der Waals surface area contributed by atoms with Gasteiger partial charge in [-0.05, 0) is 112 Å². The molecule has 4 fully saturated rings. The molecule has 0 bridgehead atoms. The first-order chi connectivity index (χ1) is 33.7. The second-order valence-corrected chi connectivity index (χ2v) is 21.5. The van der Waals surface area contributed by atoms with Gasteiger partial charge in [-0.3, -0.25) is 0 Å². The number of aliphatic hydroxyl groups is 2. The van der Waals surface area contributed by atoms with Gasteiger partial charge >= 0.3 is 0 Å². The smallest absolute Gasteiger partial charge is 0.190 e. The van der Waals surface area contributed by atoms with E-state index in [0.29, 0.717) is 96.8 Å². The van der Waals surface area contributed by atoms with E-state index in [1.807, 2.05) is 30.7 Å². The lowest BCUT2D eigenvalue weighted by Crippen LogP contribution is -2.55. The van der Waals surface area contributed by atoms with Crippen LogP contribution in [0.1, 0.15) is 68.1 Å². The van der Waals surface area contributed by atoms with Crippen LogP contribution in [-0.4, -0.2) is 137 Å². The minimum Gasteiger partial charge on any atom is -0.392 e. The Bertz CT molecular complexity index is 3030. The summed E-state index contributed by atoms with van der Waals surface area (Å²) < 4.78 is 3.37. The Kier molecular flexibility index (Phi) is 14.0. The van der Waals surface area contributed by atoms with Gasteiger partial charge in [0.1, 0.15) is 34.8 Å². The summed E-state index contributed by atoms with van der Waals surface area (Å²) in [7, 11) is 0. The number of benzene rings is 2. The van der Waals surface area contributed by atoms with Crippen LogP contribution in [-0.2, 0) is 0 Å². The first-order valence-electron chi connectivity index (χ1n) is 23.9. The van der Waals surface area contributed by atoms with Gasteiger partial charge in [-0.25, -0.2) is 29.3 Å². The zero-order chi connectivity index (χ0) is 49.0. The van der Waals surface area contributed by atoms with Crippen molar-refractivity contribution in [3.63, 3.8) is 0 Å². The number of fused-ring (bicyclic) bond motifs is 2. The van der Waals surface area contributed by atoms with E-state index in [-0.39, 0.29) is 29.3 Å². The Labute approximate surface area is 426 Å². The van der Waals surface area contributed by atoms with Gasteiger partial charge in [-0.1, -0.05) is 59.0 Å². The van der Waals surface area contributed by atoms with Crippen molar-refractivity contribution in [1.29, 1.82) is 10.5 Å². The van der Waals surface area contributed by atoms with Crippen LogP contribution < -0.4 is 9.80 Å². The molecule has 16 nitrogen and oxygen atoms in total. The van der Waals surface area contributed by atoms with Gasteiger partial charge in [-0.2, -0.15) is 20.7 Å². The number of nitriles is 2. The Morgan fingerprint density at radius 3 is 1.96 bits per heavy atom. The first-order valence-corrected chi connectivity index (χ1v) is 25.5. The predicted octanol–water partition coefficient (Wildman–Crippen LogP) is 7.81. The van der Waals surface area contributed by atoms with Crippen molar-refractivity contribution >= 4 is 86.1 Å². The molecule has 0 saturated carbocycles. The third-order valence-electron chi connectivity index (χ3n) is 14.7. The molecule has 4 aromatic heterocycles. The molecular formula is C50H54Cl4N14O2. The van der Waals surface area contributed by atoms with Gasteiger partial charge in [0.05, 0.1) is 41.4 Å². The van der Waals surface area contributed by atoms with E-state index >= 15 is 0 Å². The van der Waals surface area contributed by atoms with Crippen LogP contribution in [0.4, 0.5) is 11.6 Å². The highest BCUT2D eigenvalue weighted by Crippen LogP contribution is 2.42. The summed E-state index contributed by atoms with van der Waals surface area (Å²) in [4.78, 5) is 28.9.